The Morgan fingerprint density at radius 1 is 0.378 bits per heavy atom. The van der Waals surface area contributed by atoms with E-state index >= 15 is 0 Å². The van der Waals surface area contributed by atoms with Crippen molar-refractivity contribution < 1.29 is 24.5 Å². The number of ether oxygens (including phenoxy) is 1. The topological polar surface area (TPSA) is 95.9 Å². The number of hydrogen-bond acceptors (Lipinski definition) is 5. The zero-order valence-electron chi connectivity index (χ0n) is 49.8. The molecule has 2 unspecified atom stereocenters. The summed E-state index contributed by atoms with van der Waals surface area (Å²) in [6.45, 7) is 4.90. The summed E-state index contributed by atoms with van der Waals surface area (Å²) in [5.41, 5.74) is 0. The van der Waals surface area contributed by atoms with Crippen LogP contribution in [0.5, 0.6) is 0 Å². The lowest BCUT2D eigenvalue weighted by Crippen LogP contribution is -2.45. The summed E-state index contributed by atoms with van der Waals surface area (Å²) in [6.07, 6.45) is 80.5. The number of allylic oxidation sites excluding steroid dienone is 5. The zero-order valence-corrected chi connectivity index (χ0v) is 49.8. The number of esters is 1. The second-order valence-electron chi connectivity index (χ2n) is 22.8. The summed E-state index contributed by atoms with van der Waals surface area (Å²) in [5, 5.41) is 23.2. The Labute approximate surface area is 462 Å². The van der Waals surface area contributed by atoms with E-state index in [0.717, 1.165) is 51.4 Å². The van der Waals surface area contributed by atoms with E-state index in [1.807, 2.05) is 6.08 Å². The summed E-state index contributed by atoms with van der Waals surface area (Å²) in [6, 6.07) is -0.628. The van der Waals surface area contributed by atoms with Gasteiger partial charge in [0.25, 0.3) is 0 Å². The molecule has 74 heavy (non-hydrogen) atoms. The predicted molar refractivity (Wildman–Crippen MR) is 324 cm³/mol. The van der Waals surface area contributed by atoms with Crippen LogP contribution in [0.4, 0.5) is 0 Å². The highest BCUT2D eigenvalue weighted by Gasteiger charge is 2.18. The van der Waals surface area contributed by atoms with Crippen LogP contribution in [0.25, 0.3) is 0 Å². The number of hydrogen-bond donors (Lipinski definition) is 3. The van der Waals surface area contributed by atoms with E-state index in [9.17, 15) is 19.8 Å². The van der Waals surface area contributed by atoms with Crippen LogP contribution < -0.4 is 5.32 Å². The third-order valence-corrected chi connectivity index (χ3v) is 15.4. The molecule has 0 aliphatic carbocycles. The van der Waals surface area contributed by atoms with Crippen LogP contribution in [0.3, 0.4) is 0 Å². The molecule has 0 bridgehead atoms. The largest absolute Gasteiger partial charge is 0.466 e. The second-order valence-corrected chi connectivity index (χ2v) is 22.8. The fourth-order valence-electron chi connectivity index (χ4n) is 10.3. The molecule has 0 fully saturated rings. The molecule has 0 heterocycles. The lowest BCUT2D eigenvalue weighted by atomic mass is 10.0. The average molecular weight is 1040 g/mol. The summed E-state index contributed by atoms with van der Waals surface area (Å²) in [7, 11) is 0. The first-order valence-electron chi connectivity index (χ1n) is 33.3. The van der Waals surface area contributed by atoms with Gasteiger partial charge in [0, 0.05) is 12.8 Å². The number of rotatable bonds is 62. The highest BCUT2D eigenvalue weighted by molar-refractivity contribution is 5.76. The standard InChI is InChI=1S/C68H129NO5/c1-3-5-7-9-11-13-15-17-19-21-29-32-36-40-44-48-52-56-60-66(71)65(64-70)69-67(72)61-57-53-49-45-41-37-33-30-27-25-23-22-24-26-28-31-35-39-43-47-51-55-59-63-74-68(73)62-58-54-50-46-42-38-34-20-18-16-14-12-10-8-6-4-2/h14,16,20,34,56,60,65-66,70-71H,3-13,15,17-19,21-33,35-55,57-59,61-64H2,1-2H3,(H,69,72)/b16-14-,34-20-,60-56+. The van der Waals surface area contributed by atoms with E-state index in [1.165, 1.54) is 283 Å². The van der Waals surface area contributed by atoms with Gasteiger partial charge in [-0.2, -0.15) is 0 Å². The highest BCUT2D eigenvalue weighted by atomic mass is 16.5. The number of nitrogens with one attached hydrogen (secondary N) is 1. The van der Waals surface area contributed by atoms with Crippen molar-refractivity contribution in [3.8, 4) is 0 Å². The van der Waals surface area contributed by atoms with Gasteiger partial charge in [0.05, 0.1) is 25.4 Å². The molecule has 1 amide bonds. The quantitative estimate of drug-likeness (QED) is 0.0320. The Bertz CT molecular complexity index is 1200. The summed E-state index contributed by atoms with van der Waals surface area (Å²) in [4.78, 5) is 24.6. The molecule has 0 saturated carbocycles. The monoisotopic (exact) mass is 1040 g/mol. The van der Waals surface area contributed by atoms with Gasteiger partial charge in [-0.3, -0.25) is 9.59 Å². The maximum absolute atomic E-state index is 12.5. The number of amides is 1. The first-order valence-corrected chi connectivity index (χ1v) is 33.3. The summed E-state index contributed by atoms with van der Waals surface area (Å²) >= 11 is 0. The van der Waals surface area contributed by atoms with Crippen molar-refractivity contribution in [1.29, 1.82) is 0 Å². The van der Waals surface area contributed by atoms with Crippen molar-refractivity contribution in [1.82, 2.24) is 5.32 Å². The molecule has 0 spiro atoms. The SMILES string of the molecule is CCCCCC/C=C\C/C=C\CCCCCCCC(=O)OCCCCCCCCCCCCCCCCCCCCCCCCCC(=O)NC(CO)C(O)/C=C/CCCCCCCCCCCCCCCCCC. The molecule has 6 nitrogen and oxygen atoms in total. The van der Waals surface area contributed by atoms with Crippen molar-refractivity contribution in [3.63, 3.8) is 0 Å². The van der Waals surface area contributed by atoms with Crippen LogP contribution in [0.2, 0.25) is 0 Å². The maximum atomic E-state index is 12.5. The van der Waals surface area contributed by atoms with Crippen molar-refractivity contribution in [2.24, 2.45) is 0 Å². The van der Waals surface area contributed by atoms with Gasteiger partial charge in [-0.15, -0.1) is 0 Å². The lowest BCUT2D eigenvalue weighted by Gasteiger charge is -2.20. The molecule has 0 aromatic heterocycles. The highest BCUT2D eigenvalue weighted by Crippen LogP contribution is 2.18. The fraction of sp³-hybridized carbons (Fsp3) is 0.882. The van der Waals surface area contributed by atoms with Crippen LogP contribution in [0, 0.1) is 0 Å². The van der Waals surface area contributed by atoms with E-state index in [4.69, 9.17) is 4.74 Å². The lowest BCUT2D eigenvalue weighted by molar-refractivity contribution is -0.143. The van der Waals surface area contributed by atoms with E-state index in [2.05, 4.69) is 43.5 Å². The number of aliphatic hydroxyl groups excluding tert-OH is 2. The summed E-state index contributed by atoms with van der Waals surface area (Å²) in [5.74, 6) is -0.0643. The van der Waals surface area contributed by atoms with Crippen molar-refractivity contribution in [2.75, 3.05) is 13.2 Å². The molecule has 436 valence electrons. The normalized spacial score (nSPS) is 12.8. The van der Waals surface area contributed by atoms with Gasteiger partial charge in [-0.25, -0.2) is 0 Å². The van der Waals surface area contributed by atoms with Crippen LogP contribution in [-0.2, 0) is 14.3 Å². The minimum absolute atomic E-state index is 0.000727. The third kappa shape index (κ3) is 59.3. The van der Waals surface area contributed by atoms with Gasteiger partial charge in [-0.05, 0) is 64.2 Å². The molecule has 0 radical (unpaired) electrons. The predicted octanol–water partition coefficient (Wildman–Crippen LogP) is 21.1. The number of carbonyl (C=O) groups is 2. The van der Waals surface area contributed by atoms with E-state index < -0.39 is 12.1 Å². The minimum Gasteiger partial charge on any atom is -0.466 e. The van der Waals surface area contributed by atoms with Gasteiger partial charge in [0.1, 0.15) is 0 Å². The van der Waals surface area contributed by atoms with Crippen LogP contribution >= 0.6 is 0 Å². The van der Waals surface area contributed by atoms with E-state index in [1.54, 1.807) is 6.08 Å². The molecule has 0 saturated heterocycles. The molecule has 0 aromatic rings. The Morgan fingerprint density at radius 2 is 0.676 bits per heavy atom. The average Bonchev–Trinajstić information content (AvgIpc) is 3.40. The van der Waals surface area contributed by atoms with Crippen molar-refractivity contribution >= 4 is 11.9 Å². The number of unbranched alkanes of at least 4 members (excludes halogenated alkanes) is 47. The molecule has 0 aliphatic heterocycles. The number of carbonyl (C=O) groups excluding carboxylic acids is 2. The van der Waals surface area contributed by atoms with Gasteiger partial charge < -0.3 is 20.3 Å². The van der Waals surface area contributed by atoms with Gasteiger partial charge >= 0.3 is 5.97 Å². The zero-order chi connectivity index (χ0) is 53.6. The number of aliphatic hydroxyl groups is 2. The fourth-order valence-corrected chi connectivity index (χ4v) is 10.3. The molecule has 0 aliphatic rings. The van der Waals surface area contributed by atoms with Crippen molar-refractivity contribution in [2.45, 2.75) is 373 Å². The van der Waals surface area contributed by atoms with Crippen molar-refractivity contribution in [3.05, 3.63) is 36.5 Å². The molecule has 0 aromatic carbocycles. The van der Waals surface area contributed by atoms with Crippen LogP contribution in [-0.4, -0.2) is 47.4 Å². The van der Waals surface area contributed by atoms with E-state index in [-0.39, 0.29) is 18.5 Å². The first kappa shape index (κ1) is 72.1. The van der Waals surface area contributed by atoms with Gasteiger partial charge in [0.15, 0.2) is 0 Å². The molecule has 2 atom stereocenters. The Morgan fingerprint density at radius 3 is 1.04 bits per heavy atom. The Hall–Kier alpha value is -1.92. The molecule has 0 rings (SSSR count). The van der Waals surface area contributed by atoms with E-state index in [0.29, 0.717) is 19.4 Å². The Balaban J connectivity index is 3.40. The van der Waals surface area contributed by atoms with Crippen LogP contribution in [0.15, 0.2) is 36.5 Å². The molecule has 3 N–H and O–H groups in total. The molecular formula is C68H129NO5. The third-order valence-electron chi connectivity index (χ3n) is 15.4. The van der Waals surface area contributed by atoms with Crippen LogP contribution in [0.1, 0.15) is 361 Å². The van der Waals surface area contributed by atoms with Gasteiger partial charge in [0.2, 0.25) is 5.91 Å². The first-order chi connectivity index (χ1) is 36.5. The smallest absolute Gasteiger partial charge is 0.305 e. The maximum Gasteiger partial charge on any atom is 0.305 e. The summed E-state index contributed by atoms with van der Waals surface area (Å²) < 4.78 is 5.49. The van der Waals surface area contributed by atoms with Gasteiger partial charge in [-0.1, -0.05) is 320 Å². The molecular weight excluding hydrogens is 911 g/mol. The Kier molecular flexibility index (Phi) is 62.0. The second kappa shape index (κ2) is 63.6. The molecule has 6 heteroatoms. The minimum atomic E-state index is -0.845.